The van der Waals surface area contributed by atoms with Crippen molar-refractivity contribution in [2.45, 2.75) is 13.0 Å². The van der Waals surface area contributed by atoms with Gasteiger partial charge in [-0.3, -0.25) is 0 Å². The lowest BCUT2D eigenvalue weighted by Crippen LogP contribution is -2.29. The number of carbonyl (C=O) groups is 1. The number of carbonyl (C=O) groups excluding carboxylic acids is 1. The number of hydrogen-bond acceptors (Lipinski definition) is 6. The van der Waals surface area contributed by atoms with Gasteiger partial charge in [0.1, 0.15) is 4.60 Å². The summed E-state index contributed by atoms with van der Waals surface area (Å²) in [5.41, 5.74) is 5.55. The molecule has 0 aliphatic rings. The molecule has 1 amide bonds. The smallest absolute Gasteiger partial charge is 0.387 e. The van der Waals surface area contributed by atoms with Crippen molar-refractivity contribution in [3.8, 4) is 5.88 Å². The normalized spacial score (nSPS) is 10.2. The van der Waals surface area contributed by atoms with Crippen LogP contribution in [0, 0.1) is 0 Å². The molecule has 20 heavy (non-hydrogen) atoms. The molecule has 106 valence electrons. The zero-order chi connectivity index (χ0) is 14.4. The first kappa shape index (κ1) is 14.3. The number of rotatable bonds is 5. The second-order valence-electron chi connectivity index (χ2n) is 3.85. The van der Waals surface area contributed by atoms with Gasteiger partial charge in [0.05, 0.1) is 12.5 Å². The molecule has 3 N–H and O–H groups in total. The number of ether oxygens (including phenoxy) is 1. The molecule has 0 fully saturated rings. The van der Waals surface area contributed by atoms with E-state index in [9.17, 15) is 4.79 Å². The molecule has 0 saturated carbocycles. The summed E-state index contributed by atoms with van der Waals surface area (Å²) in [4.78, 5) is 23.2. The average molecular weight is 341 g/mol. The number of hydrogen-bond donors (Lipinski definition) is 2. The lowest BCUT2D eigenvalue weighted by atomic mass is 10.4. The highest BCUT2D eigenvalue weighted by molar-refractivity contribution is 9.10. The number of nitrogen functional groups attached to an aromatic ring is 1. The second kappa shape index (κ2) is 6.85. The zero-order valence-corrected chi connectivity index (χ0v) is 12.1. The van der Waals surface area contributed by atoms with E-state index in [4.69, 9.17) is 10.5 Å². The Hall–Kier alpha value is -2.16. The van der Waals surface area contributed by atoms with E-state index in [2.05, 4.69) is 36.2 Å². The third kappa shape index (κ3) is 4.19. The minimum Gasteiger partial charge on any atom is -0.387 e. The predicted molar refractivity (Wildman–Crippen MR) is 75.0 cm³/mol. The Kier molecular flexibility index (Phi) is 4.88. The Bertz CT molecular complexity index is 574. The molecule has 2 aromatic heterocycles. The molecule has 2 heterocycles. The van der Waals surface area contributed by atoms with E-state index in [1.807, 2.05) is 10.8 Å². The van der Waals surface area contributed by atoms with Gasteiger partial charge in [0.25, 0.3) is 5.88 Å². The summed E-state index contributed by atoms with van der Waals surface area (Å²) in [5.74, 6) is 0.0354. The number of anilines is 1. The van der Waals surface area contributed by atoms with Gasteiger partial charge in [-0.25, -0.2) is 19.7 Å². The van der Waals surface area contributed by atoms with Gasteiger partial charge < -0.3 is 20.4 Å². The van der Waals surface area contributed by atoms with Crippen LogP contribution in [0.3, 0.4) is 0 Å². The highest BCUT2D eigenvalue weighted by Crippen LogP contribution is 2.17. The Morgan fingerprint density at radius 2 is 2.40 bits per heavy atom. The molecule has 0 aromatic carbocycles. The van der Waals surface area contributed by atoms with E-state index in [0.717, 1.165) is 13.0 Å². The first-order chi connectivity index (χ1) is 9.65. The molecular weight excluding hydrogens is 328 g/mol. The van der Waals surface area contributed by atoms with Crippen LogP contribution >= 0.6 is 15.9 Å². The molecule has 0 unspecified atom stereocenters. The Labute approximate surface area is 123 Å². The second-order valence-corrected chi connectivity index (χ2v) is 4.67. The quantitative estimate of drug-likeness (QED) is 0.791. The zero-order valence-electron chi connectivity index (χ0n) is 10.5. The third-order valence-corrected chi connectivity index (χ3v) is 2.73. The van der Waals surface area contributed by atoms with Gasteiger partial charge in [-0.2, -0.15) is 0 Å². The summed E-state index contributed by atoms with van der Waals surface area (Å²) in [7, 11) is 0. The number of amides is 1. The summed E-state index contributed by atoms with van der Waals surface area (Å²) in [6, 6.07) is 0. The number of halogens is 1. The molecular formula is C11H13BrN6O2. The van der Waals surface area contributed by atoms with Crippen molar-refractivity contribution in [3.63, 3.8) is 0 Å². The maximum absolute atomic E-state index is 11.5. The first-order valence-corrected chi connectivity index (χ1v) is 6.64. The van der Waals surface area contributed by atoms with Crippen LogP contribution in [0.1, 0.15) is 6.42 Å². The van der Waals surface area contributed by atoms with E-state index in [0.29, 0.717) is 11.1 Å². The number of nitrogens with one attached hydrogen (secondary N) is 1. The minimum atomic E-state index is -0.616. The number of nitrogens with two attached hydrogens (primary N) is 1. The maximum atomic E-state index is 11.5. The van der Waals surface area contributed by atoms with Crippen molar-refractivity contribution in [1.82, 2.24) is 24.8 Å². The van der Waals surface area contributed by atoms with Gasteiger partial charge in [-0.05, 0) is 22.4 Å². The highest BCUT2D eigenvalue weighted by Gasteiger charge is 2.10. The van der Waals surface area contributed by atoms with Crippen LogP contribution in [0.2, 0.25) is 0 Å². The van der Waals surface area contributed by atoms with Gasteiger partial charge >= 0.3 is 6.09 Å². The third-order valence-electron chi connectivity index (χ3n) is 2.35. The summed E-state index contributed by atoms with van der Waals surface area (Å²) in [5, 5.41) is 2.61. The monoisotopic (exact) mass is 340 g/mol. The van der Waals surface area contributed by atoms with Gasteiger partial charge in [0, 0.05) is 25.5 Å². The van der Waals surface area contributed by atoms with Crippen LogP contribution < -0.4 is 15.8 Å². The lowest BCUT2D eigenvalue weighted by molar-refractivity contribution is 0.198. The maximum Gasteiger partial charge on any atom is 0.414 e. The molecule has 0 aliphatic heterocycles. The van der Waals surface area contributed by atoms with Gasteiger partial charge in [-0.1, -0.05) is 0 Å². The molecule has 0 aliphatic carbocycles. The van der Waals surface area contributed by atoms with Gasteiger partial charge in [-0.15, -0.1) is 0 Å². The average Bonchev–Trinajstić information content (AvgIpc) is 2.92. The first-order valence-electron chi connectivity index (χ1n) is 5.84. The number of nitrogens with zero attached hydrogens (tertiary/aromatic N) is 4. The number of imidazole rings is 1. The van der Waals surface area contributed by atoms with Crippen molar-refractivity contribution < 1.29 is 9.53 Å². The summed E-state index contributed by atoms with van der Waals surface area (Å²) in [6.45, 7) is 1.23. The van der Waals surface area contributed by atoms with Gasteiger partial charge in [0.15, 0.2) is 5.82 Å². The van der Waals surface area contributed by atoms with Crippen molar-refractivity contribution in [2.75, 3.05) is 12.3 Å². The fourth-order valence-electron chi connectivity index (χ4n) is 1.43. The fourth-order valence-corrected chi connectivity index (χ4v) is 1.69. The van der Waals surface area contributed by atoms with Crippen LogP contribution in [0.15, 0.2) is 29.5 Å². The Morgan fingerprint density at radius 1 is 1.55 bits per heavy atom. The molecule has 0 spiro atoms. The largest absolute Gasteiger partial charge is 0.414 e. The summed E-state index contributed by atoms with van der Waals surface area (Å²) < 4.78 is 7.33. The van der Waals surface area contributed by atoms with E-state index in [-0.39, 0.29) is 11.7 Å². The van der Waals surface area contributed by atoms with Crippen molar-refractivity contribution in [1.29, 1.82) is 0 Å². The molecule has 2 aromatic rings. The lowest BCUT2D eigenvalue weighted by Gasteiger charge is -2.07. The highest BCUT2D eigenvalue weighted by atomic mass is 79.9. The fraction of sp³-hybridized carbons (Fsp3) is 0.273. The molecule has 0 saturated heterocycles. The minimum absolute atomic E-state index is 0.0218. The van der Waals surface area contributed by atoms with Crippen molar-refractivity contribution in [2.24, 2.45) is 0 Å². The van der Waals surface area contributed by atoms with Crippen LogP contribution in [-0.4, -0.2) is 32.2 Å². The van der Waals surface area contributed by atoms with Crippen molar-refractivity contribution >= 4 is 27.8 Å². The van der Waals surface area contributed by atoms with Crippen LogP contribution in [0.4, 0.5) is 10.6 Å². The molecule has 0 bridgehead atoms. The standard InChI is InChI=1S/C11H13BrN6O2/c12-8-6-16-9(13)10(17-8)20-11(19)15-2-1-4-18-5-3-14-7-18/h3,5-7H,1-2,4H2,(H2,13,16)(H,15,19). The SMILES string of the molecule is Nc1ncc(Br)nc1OC(=O)NCCCn1ccnc1. The summed E-state index contributed by atoms with van der Waals surface area (Å²) in [6.07, 6.45) is 6.84. The molecule has 0 radical (unpaired) electrons. The van der Waals surface area contributed by atoms with Crippen LogP contribution in [0.25, 0.3) is 0 Å². The number of aromatic nitrogens is 4. The molecule has 8 nitrogen and oxygen atoms in total. The number of aryl methyl sites for hydroxylation is 1. The van der Waals surface area contributed by atoms with Crippen LogP contribution in [0.5, 0.6) is 5.88 Å². The predicted octanol–water partition coefficient (Wildman–Crippen LogP) is 1.20. The Balaban J connectivity index is 1.73. The molecule has 0 atom stereocenters. The van der Waals surface area contributed by atoms with E-state index in [1.54, 1.807) is 12.5 Å². The topological polar surface area (TPSA) is 108 Å². The molecule has 2 rings (SSSR count). The molecule has 9 heteroatoms. The van der Waals surface area contributed by atoms with Gasteiger partial charge in [0.2, 0.25) is 0 Å². The van der Waals surface area contributed by atoms with E-state index < -0.39 is 6.09 Å². The summed E-state index contributed by atoms with van der Waals surface area (Å²) >= 11 is 3.12. The van der Waals surface area contributed by atoms with E-state index >= 15 is 0 Å². The van der Waals surface area contributed by atoms with Crippen LogP contribution in [-0.2, 0) is 6.54 Å². The van der Waals surface area contributed by atoms with Crippen molar-refractivity contribution in [3.05, 3.63) is 29.5 Å². The Morgan fingerprint density at radius 3 is 3.15 bits per heavy atom. The van der Waals surface area contributed by atoms with E-state index in [1.165, 1.54) is 6.20 Å².